The van der Waals surface area contributed by atoms with Gasteiger partial charge in [0.15, 0.2) is 0 Å². The van der Waals surface area contributed by atoms with Gasteiger partial charge in [-0.1, -0.05) is 41.4 Å². The molecular weight excluding hydrogens is 760 g/mol. The van der Waals surface area contributed by atoms with Gasteiger partial charge < -0.3 is 29.5 Å². The molecule has 3 aliphatic rings. The van der Waals surface area contributed by atoms with Crippen molar-refractivity contribution >= 4 is 35.2 Å². The van der Waals surface area contributed by atoms with Crippen molar-refractivity contribution in [1.82, 2.24) is 25.1 Å². The van der Waals surface area contributed by atoms with E-state index in [0.717, 1.165) is 25.9 Å². The van der Waals surface area contributed by atoms with Crippen molar-refractivity contribution in [2.45, 2.75) is 77.3 Å². The van der Waals surface area contributed by atoms with Gasteiger partial charge in [0.25, 0.3) is 0 Å². The van der Waals surface area contributed by atoms with E-state index in [2.05, 4.69) is 15.2 Å². The van der Waals surface area contributed by atoms with Crippen molar-refractivity contribution in [3.05, 3.63) is 81.7 Å². The number of amides is 2. The highest BCUT2D eigenvalue weighted by atomic mass is 35.5. The minimum Gasteiger partial charge on any atom is -0.496 e. The van der Waals surface area contributed by atoms with Crippen LogP contribution >= 0.6 is 23.2 Å². The first-order valence-corrected chi connectivity index (χ1v) is 19.4. The van der Waals surface area contributed by atoms with E-state index in [9.17, 15) is 14.7 Å². The summed E-state index contributed by atoms with van der Waals surface area (Å²) in [6, 6.07) is 13.9. The number of nitrogens with one attached hydrogen (secondary N) is 1. The van der Waals surface area contributed by atoms with E-state index in [1.54, 1.807) is 50.1 Å². The maximum Gasteiger partial charge on any atom is 0.410 e. The second-order valence-electron chi connectivity index (χ2n) is 16.1. The lowest BCUT2D eigenvalue weighted by Crippen LogP contribution is -2.63. The number of pyridine rings is 2. The van der Waals surface area contributed by atoms with Crippen LogP contribution in [0.3, 0.4) is 0 Å². The summed E-state index contributed by atoms with van der Waals surface area (Å²) in [6.45, 7) is 7.86. The Morgan fingerprint density at radius 3 is 2.45 bits per heavy atom. The van der Waals surface area contributed by atoms with Crippen LogP contribution in [0.2, 0.25) is 10.0 Å². The van der Waals surface area contributed by atoms with Crippen LogP contribution < -0.4 is 14.8 Å². The molecule has 3 fully saturated rings. The molecule has 2 aromatic heterocycles. The maximum atomic E-state index is 15.8. The fourth-order valence-corrected chi connectivity index (χ4v) is 8.69. The largest absolute Gasteiger partial charge is 0.496 e. The zero-order chi connectivity index (χ0) is 39.9. The topological polar surface area (TPSA) is 126 Å². The lowest BCUT2D eigenvalue weighted by Gasteiger charge is -2.58. The monoisotopic (exact) mass is 805 g/mol. The van der Waals surface area contributed by atoms with Crippen LogP contribution in [0.5, 0.6) is 11.6 Å². The van der Waals surface area contributed by atoms with Gasteiger partial charge >= 0.3 is 6.09 Å². The Bertz CT molecular complexity index is 2150. The number of hydrogen-bond donors (Lipinski definition) is 2. The molecule has 7 rings (SSSR count). The summed E-state index contributed by atoms with van der Waals surface area (Å²) in [4.78, 5) is 38.2. The van der Waals surface area contributed by atoms with E-state index in [1.165, 1.54) is 20.3 Å². The molecule has 2 N–H and O–H groups in total. The van der Waals surface area contributed by atoms with Gasteiger partial charge in [-0.15, -0.1) is 0 Å². The highest BCUT2D eigenvalue weighted by Gasteiger charge is 2.51. The zero-order valence-electron chi connectivity index (χ0n) is 32.1. The third-order valence-corrected chi connectivity index (χ3v) is 11.4. The van der Waals surface area contributed by atoms with Crippen LogP contribution in [0.1, 0.15) is 57.6 Å². The van der Waals surface area contributed by atoms with Crippen LogP contribution in [0.25, 0.3) is 33.6 Å². The Hall–Kier alpha value is -4.49. The van der Waals surface area contributed by atoms with Gasteiger partial charge in [-0.05, 0) is 70.4 Å². The van der Waals surface area contributed by atoms with Gasteiger partial charge in [0.2, 0.25) is 11.8 Å². The molecule has 2 aromatic carbocycles. The molecule has 2 aliphatic heterocycles. The lowest BCUT2D eigenvalue weighted by molar-refractivity contribution is -0.131. The van der Waals surface area contributed by atoms with Crippen molar-refractivity contribution in [3.63, 3.8) is 0 Å². The molecular formula is C42H46Cl2FN5O6. The van der Waals surface area contributed by atoms with Gasteiger partial charge in [-0.25, -0.2) is 14.2 Å². The number of carbonyl (C=O) groups excluding carboxylic acids is 2. The van der Waals surface area contributed by atoms with Crippen molar-refractivity contribution in [2.75, 3.05) is 33.9 Å². The first-order valence-electron chi connectivity index (χ1n) is 18.7. The van der Waals surface area contributed by atoms with Crippen LogP contribution in [-0.2, 0) is 22.6 Å². The normalized spacial score (nSPS) is 17.9. The Morgan fingerprint density at radius 2 is 1.79 bits per heavy atom. The van der Waals surface area contributed by atoms with Crippen molar-refractivity contribution < 1.29 is 33.3 Å². The molecule has 1 saturated carbocycles. The summed E-state index contributed by atoms with van der Waals surface area (Å²) >= 11 is 14.2. The number of likely N-dealkylation sites (tertiary alicyclic amines) is 1. The van der Waals surface area contributed by atoms with Crippen LogP contribution in [0.15, 0.2) is 54.7 Å². The summed E-state index contributed by atoms with van der Waals surface area (Å²) in [7, 11) is 3.02. The number of benzene rings is 2. The number of ether oxygens (including phenoxy) is 3. The number of nitrogens with zero attached hydrogens (tertiary/aromatic N) is 4. The fraction of sp³-hybridized carbons (Fsp3) is 0.429. The summed E-state index contributed by atoms with van der Waals surface area (Å²) in [6.07, 6.45) is 3.49. The average Bonchev–Trinajstić information content (AvgIpc) is 3.54. The van der Waals surface area contributed by atoms with Crippen molar-refractivity contribution in [3.8, 4) is 45.3 Å². The third-order valence-electron chi connectivity index (χ3n) is 10.6. The molecule has 1 spiro atoms. The SMILES string of the molecule is COc1cc(-c2nccc(-c3cccc(-c4ccc(CN(C[C@@H]5CCC(=O)N5)C(=O)OC(C)(C)C)c(OC)n4)c3Cl)c2Cl)cc(F)c1CN1CC2(CC(O)C2)C1. The summed E-state index contributed by atoms with van der Waals surface area (Å²) in [5.41, 5.74) is 3.73. The van der Waals surface area contributed by atoms with Crippen LogP contribution in [0.4, 0.5) is 9.18 Å². The number of aromatic nitrogens is 2. The molecule has 0 bridgehead atoms. The number of methoxy groups -OCH3 is 2. The summed E-state index contributed by atoms with van der Waals surface area (Å²) < 4.78 is 32.9. The molecule has 0 radical (unpaired) electrons. The van der Waals surface area contributed by atoms with Gasteiger partial charge in [0.1, 0.15) is 17.2 Å². The highest BCUT2D eigenvalue weighted by molar-refractivity contribution is 6.39. The molecule has 4 aromatic rings. The Morgan fingerprint density at radius 1 is 1.05 bits per heavy atom. The first-order chi connectivity index (χ1) is 26.7. The maximum absolute atomic E-state index is 15.8. The average molecular weight is 807 g/mol. The second kappa shape index (κ2) is 15.8. The van der Waals surface area contributed by atoms with Crippen LogP contribution in [0, 0.1) is 11.2 Å². The molecule has 56 heavy (non-hydrogen) atoms. The molecule has 4 heterocycles. The van der Waals surface area contributed by atoms with Gasteiger partial charge in [0, 0.05) is 83.6 Å². The minimum atomic E-state index is -0.714. The van der Waals surface area contributed by atoms with E-state index in [1.807, 2.05) is 24.3 Å². The molecule has 14 heteroatoms. The summed E-state index contributed by atoms with van der Waals surface area (Å²) in [5, 5.41) is 13.4. The quantitative estimate of drug-likeness (QED) is 0.156. The fourth-order valence-electron chi connectivity index (χ4n) is 8.04. The number of carbonyl (C=O) groups is 2. The Balaban J connectivity index is 1.14. The standard InChI is InChI=1S/C42H46Cl2FN5O6/c1-41(2,3)56-40(53)50(20-26-10-12-35(52)47-26)19-24-9-11-33(48-39(24)55-5)30-8-6-7-28(36(30)43)29-13-14-46-38(37(29)44)25-15-32(45)31(34(16-25)54-4)21-49-22-42(23-49)17-27(51)18-42/h6-9,11,13-16,26-27,51H,10,12,17-23H2,1-5H3,(H,47,52)/t26-/m0/s1. The number of halogens is 3. The number of aliphatic hydroxyl groups excluding tert-OH is 1. The molecule has 0 unspecified atom stereocenters. The van der Waals surface area contributed by atoms with Gasteiger partial charge in [0.05, 0.1) is 48.3 Å². The molecule has 1 atom stereocenters. The predicted molar refractivity (Wildman–Crippen MR) is 212 cm³/mol. The zero-order valence-corrected chi connectivity index (χ0v) is 33.6. The third kappa shape index (κ3) is 8.30. The van der Waals surface area contributed by atoms with E-state index < -0.39 is 17.5 Å². The van der Waals surface area contributed by atoms with E-state index in [0.29, 0.717) is 80.8 Å². The number of rotatable bonds is 11. The molecule has 2 amide bonds. The van der Waals surface area contributed by atoms with E-state index in [4.69, 9.17) is 42.4 Å². The van der Waals surface area contributed by atoms with Gasteiger partial charge in [-0.3, -0.25) is 14.7 Å². The van der Waals surface area contributed by atoms with Crippen molar-refractivity contribution in [2.24, 2.45) is 5.41 Å². The van der Waals surface area contributed by atoms with Gasteiger partial charge in [-0.2, -0.15) is 0 Å². The molecule has 2 saturated heterocycles. The van der Waals surface area contributed by atoms with E-state index in [-0.39, 0.29) is 41.6 Å². The molecule has 296 valence electrons. The Kier molecular flexibility index (Phi) is 11.2. The smallest absolute Gasteiger partial charge is 0.410 e. The van der Waals surface area contributed by atoms with Crippen molar-refractivity contribution in [1.29, 1.82) is 0 Å². The lowest BCUT2D eigenvalue weighted by atomic mass is 9.62. The van der Waals surface area contributed by atoms with Crippen LogP contribution in [-0.4, -0.2) is 88.5 Å². The van der Waals surface area contributed by atoms with E-state index >= 15 is 4.39 Å². The molecule has 1 aliphatic carbocycles. The highest BCUT2D eigenvalue weighted by Crippen LogP contribution is 2.49. The first kappa shape index (κ1) is 39.7. The number of hydrogen-bond acceptors (Lipinski definition) is 9. The molecule has 11 nitrogen and oxygen atoms in total. The Labute approximate surface area is 336 Å². The predicted octanol–water partition coefficient (Wildman–Crippen LogP) is 7.91. The second-order valence-corrected chi connectivity index (χ2v) is 16.8. The minimum absolute atomic E-state index is 0.0444. The summed E-state index contributed by atoms with van der Waals surface area (Å²) in [5.74, 6) is 0.241. The number of aliphatic hydroxyl groups is 1.